The number of unbranched alkanes of at least 4 members (excludes halogenated alkanes) is 1. The van der Waals surface area contributed by atoms with Gasteiger partial charge in [-0.15, -0.1) is 24.0 Å². The summed E-state index contributed by atoms with van der Waals surface area (Å²) in [5.41, 5.74) is 1.01. The number of benzene rings is 1. The van der Waals surface area contributed by atoms with Crippen molar-refractivity contribution in [3.05, 3.63) is 23.8 Å². The van der Waals surface area contributed by atoms with Crippen LogP contribution in [0.3, 0.4) is 0 Å². The fourth-order valence-corrected chi connectivity index (χ4v) is 2.21. The van der Waals surface area contributed by atoms with Crippen LogP contribution in [0.4, 0.5) is 0 Å². The number of aliphatic imine (C=N–C) groups is 1. The van der Waals surface area contributed by atoms with Crippen molar-refractivity contribution in [1.82, 2.24) is 10.2 Å². The topological polar surface area (TPSA) is 46.1 Å². The van der Waals surface area contributed by atoms with Crippen LogP contribution in [0.25, 0.3) is 0 Å². The summed E-state index contributed by atoms with van der Waals surface area (Å²) in [6.45, 7) is 6.68. The zero-order valence-corrected chi connectivity index (χ0v) is 17.2. The van der Waals surface area contributed by atoms with Crippen LogP contribution in [0.15, 0.2) is 23.2 Å². The SMILES string of the molecule is CCCCN(C)C(=NCc1cccc(OC)c1OC)NCC.I. The fraction of sp³-hybridized carbons (Fsp3) is 0.588. The predicted molar refractivity (Wildman–Crippen MR) is 107 cm³/mol. The lowest BCUT2D eigenvalue weighted by atomic mass is 10.2. The highest BCUT2D eigenvalue weighted by Crippen LogP contribution is 2.31. The maximum absolute atomic E-state index is 5.46. The minimum atomic E-state index is 0. The van der Waals surface area contributed by atoms with Crippen molar-refractivity contribution in [2.45, 2.75) is 33.2 Å². The molecule has 1 N–H and O–H groups in total. The van der Waals surface area contributed by atoms with Gasteiger partial charge in [-0.05, 0) is 19.4 Å². The second-order valence-corrected chi connectivity index (χ2v) is 5.10. The Morgan fingerprint density at radius 1 is 1.22 bits per heavy atom. The third kappa shape index (κ3) is 6.85. The molecule has 0 bridgehead atoms. The molecule has 0 spiro atoms. The Hall–Kier alpha value is -1.18. The first-order chi connectivity index (χ1) is 10.7. The summed E-state index contributed by atoms with van der Waals surface area (Å²) < 4.78 is 10.8. The quantitative estimate of drug-likeness (QED) is 0.386. The number of nitrogens with zero attached hydrogens (tertiary/aromatic N) is 2. The highest BCUT2D eigenvalue weighted by molar-refractivity contribution is 14.0. The summed E-state index contributed by atoms with van der Waals surface area (Å²) in [4.78, 5) is 6.88. The van der Waals surface area contributed by atoms with Crippen molar-refractivity contribution in [3.8, 4) is 11.5 Å². The van der Waals surface area contributed by atoms with E-state index in [0.717, 1.165) is 42.5 Å². The molecule has 0 amide bonds. The Balaban J connectivity index is 0.00000484. The molecule has 0 aromatic heterocycles. The van der Waals surface area contributed by atoms with Crippen LogP contribution in [0.2, 0.25) is 0 Å². The van der Waals surface area contributed by atoms with Crippen molar-refractivity contribution in [2.24, 2.45) is 4.99 Å². The Labute approximate surface area is 157 Å². The summed E-state index contributed by atoms with van der Waals surface area (Å²) in [6, 6.07) is 5.87. The third-order valence-corrected chi connectivity index (χ3v) is 3.43. The predicted octanol–water partition coefficient (Wildman–Crippen LogP) is 3.52. The first-order valence-corrected chi connectivity index (χ1v) is 7.87. The maximum Gasteiger partial charge on any atom is 0.193 e. The van der Waals surface area contributed by atoms with E-state index in [0.29, 0.717) is 6.54 Å². The highest BCUT2D eigenvalue weighted by atomic mass is 127. The second-order valence-electron chi connectivity index (χ2n) is 5.10. The van der Waals surface area contributed by atoms with Gasteiger partial charge in [0.15, 0.2) is 17.5 Å². The van der Waals surface area contributed by atoms with Crippen molar-refractivity contribution in [3.63, 3.8) is 0 Å². The van der Waals surface area contributed by atoms with E-state index in [1.165, 1.54) is 6.42 Å². The number of nitrogens with one attached hydrogen (secondary N) is 1. The minimum Gasteiger partial charge on any atom is -0.493 e. The number of guanidine groups is 1. The standard InChI is InChI=1S/C17H29N3O2.HI/c1-6-8-12-20(3)17(18-7-2)19-13-14-10-9-11-15(21-4)16(14)22-5;/h9-11H,6-8,12-13H2,1-5H3,(H,18,19);1H. The molecular formula is C17H30IN3O2. The van der Waals surface area contributed by atoms with Gasteiger partial charge in [-0.2, -0.15) is 0 Å². The second kappa shape index (κ2) is 12.3. The molecule has 0 unspecified atom stereocenters. The molecule has 1 rings (SSSR count). The molecule has 0 radical (unpaired) electrons. The van der Waals surface area contributed by atoms with E-state index >= 15 is 0 Å². The van der Waals surface area contributed by atoms with E-state index in [1.807, 2.05) is 18.2 Å². The molecule has 1 aromatic carbocycles. The molecule has 5 nitrogen and oxygen atoms in total. The van der Waals surface area contributed by atoms with Crippen LogP contribution in [0.1, 0.15) is 32.3 Å². The Morgan fingerprint density at radius 2 is 1.96 bits per heavy atom. The van der Waals surface area contributed by atoms with Crippen LogP contribution < -0.4 is 14.8 Å². The van der Waals surface area contributed by atoms with Crippen LogP contribution in [-0.2, 0) is 6.54 Å². The molecule has 0 atom stereocenters. The molecule has 23 heavy (non-hydrogen) atoms. The fourth-order valence-electron chi connectivity index (χ4n) is 2.21. The van der Waals surface area contributed by atoms with E-state index in [-0.39, 0.29) is 24.0 Å². The van der Waals surface area contributed by atoms with E-state index in [1.54, 1.807) is 14.2 Å². The van der Waals surface area contributed by atoms with Crippen molar-refractivity contribution >= 4 is 29.9 Å². The summed E-state index contributed by atoms with van der Waals surface area (Å²) in [7, 11) is 5.37. The number of rotatable bonds is 8. The van der Waals surface area contributed by atoms with E-state index < -0.39 is 0 Å². The number of methoxy groups -OCH3 is 2. The lowest BCUT2D eigenvalue weighted by Gasteiger charge is -2.22. The Morgan fingerprint density at radius 3 is 2.52 bits per heavy atom. The number of hydrogen-bond donors (Lipinski definition) is 1. The summed E-state index contributed by atoms with van der Waals surface area (Å²) in [5, 5.41) is 3.33. The molecule has 0 aliphatic heterocycles. The normalized spacial score (nSPS) is 10.7. The Bertz CT molecular complexity index is 481. The average Bonchev–Trinajstić information content (AvgIpc) is 2.55. The lowest BCUT2D eigenvalue weighted by molar-refractivity contribution is 0.351. The molecule has 6 heteroatoms. The van der Waals surface area contributed by atoms with Gasteiger partial charge in [-0.3, -0.25) is 0 Å². The van der Waals surface area contributed by atoms with Crippen LogP contribution >= 0.6 is 24.0 Å². The van der Waals surface area contributed by atoms with Gasteiger partial charge < -0.3 is 19.7 Å². The van der Waals surface area contributed by atoms with Gasteiger partial charge >= 0.3 is 0 Å². The Kier molecular flexibility index (Phi) is 11.6. The van der Waals surface area contributed by atoms with Gasteiger partial charge in [0.05, 0.1) is 20.8 Å². The summed E-state index contributed by atoms with van der Waals surface area (Å²) in [5.74, 6) is 2.40. The van der Waals surface area contributed by atoms with Crippen molar-refractivity contribution in [2.75, 3.05) is 34.4 Å². The van der Waals surface area contributed by atoms with E-state index in [9.17, 15) is 0 Å². The first-order valence-electron chi connectivity index (χ1n) is 7.87. The molecular weight excluding hydrogens is 405 g/mol. The van der Waals surface area contributed by atoms with Gasteiger partial charge in [0, 0.05) is 25.7 Å². The monoisotopic (exact) mass is 435 g/mol. The van der Waals surface area contributed by atoms with E-state index in [2.05, 4.69) is 31.1 Å². The smallest absolute Gasteiger partial charge is 0.193 e. The van der Waals surface area contributed by atoms with Crippen LogP contribution in [0, 0.1) is 0 Å². The highest BCUT2D eigenvalue weighted by Gasteiger charge is 2.10. The number of halogens is 1. The molecule has 1 aromatic rings. The van der Waals surface area contributed by atoms with Gasteiger partial charge in [0.1, 0.15) is 0 Å². The van der Waals surface area contributed by atoms with Crippen LogP contribution in [0.5, 0.6) is 11.5 Å². The zero-order valence-electron chi connectivity index (χ0n) is 14.9. The van der Waals surface area contributed by atoms with Crippen LogP contribution in [-0.4, -0.2) is 45.2 Å². The zero-order chi connectivity index (χ0) is 16.4. The third-order valence-electron chi connectivity index (χ3n) is 3.43. The first kappa shape index (κ1) is 21.8. The van der Waals surface area contributed by atoms with Gasteiger partial charge in [-0.25, -0.2) is 4.99 Å². The minimum absolute atomic E-state index is 0. The van der Waals surface area contributed by atoms with E-state index in [4.69, 9.17) is 14.5 Å². The van der Waals surface area contributed by atoms with Gasteiger partial charge in [0.25, 0.3) is 0 Å². The maximum atomic E-state index is 5.46. The molecule has 0 aliphatic rings. The average molecular weight is 435 g/mol. The van der Waals surface area contributed by atoms with Crippen molar-refractivity contribution in [1.29, 1.82) is 0 Å². The number of ether oxygens (including phenoxy) is 2. The molecule has 0 saturated heterocycles. The molecule has 0 saturated carbocycles. The molecule has 132 valence electrons. The number of para-hydroxylation sites is 1. The van der Waals surface area contributed by atoms with Crippen molar-refractivity contribution < 1.29 is 9.47 Å². The lowest BCUT2D eigenvalue weighted by Crippen LogP contribution is -2.39. The molecule has 0 heterocycles. The summed E-state index contributed by atoms with van der Waals surface area (Å²) in [6.07, 6.45) is 2.33. The van der Waals surface area contributed by atoms with Gasteiger partial charge in [-0.1, -0.05) is 25.5 Å². The molecule has 0 fully saturated rings. The number of hydrogen-bond acceptors (Lipinski definition) is 3. The summed E-state index contributed by atoms with van der Waals surface area (Å²) >= 11 is 0. The largest absolute Gasteiger partial charge is 0.493 e. The van der Waals surface area contributed by atoms with Gasteiger partial charge in [0.2, 0.25) is 0 Å². The molecule has 0 aliphatic carbocycles.